The molecule has 16 heavy (non-hydrogen) atoms. The van der Waals surface area contributed by atoms with Crippen molar-refractivity contribution in [2.45, 2.75) is 79.1 Å². The molecule has 0 aliphatic heterocycles. The molecule has 0 saturated heterocycles. The lowest BCUT2D eigenvalue weighted by Gasteiger charge is -2.09. The Kier molecular flexibility index (Phi) is 11.0. The smallest absolute Gasteiger partial charge is 0.0262 e. The first-order valence-electron chi connectivity index (χ1n) is 7.37. The highest BCUT2D eigenvalue weighted by atomic mass is 14.1. The van der Waals surface area contributed by atoms with Gasteiger partial charge in [0.15, 0.2) is 0 Å². The van der Waals surface area contributed by atoms with E-state index in [1.165, 1.54) is 51.4 Å². The van der Waals surface area contributed by atoms with Crippen LogP contribution in [-0.4, -0.2) is 0 Å². The van der Waals surface area contributed by atoms with E-state index in [0.29, 0.717) is 0 Å². The number of hydrogen-bond donors (Lipinski definition) is 0. The molecule has 96 valence electrons. The molecule has 0 heteroatoms. The molecule has 0 N–H and O–H groups in total. The van der Waals surface area contributed by atoms with E-state index >= 15 is 0 Å². The molecule has 0 nitrogen and oxygen atoms in total. The van der Waals surface area contributed by atoms with Crippen LogP contribution in [0.5, 0.6) is 0 Å². The van der Waals surface area contributed by atoms with E-state index in [2.05, 4.69) is 39.8 Å². The number of allylic oxidation sites excluding steroid dienone is 2. The molecule has 2 unspecified atom stereocenters. The van der Waals surface area contributed by atoms with E-state index in [1.807, 2.05) is 0 Å². The van der Waals surface area contributed by atoms with Crippen LogP contribution < -0.4 is 0 Å². The average molecular weight is 224 g/mol. The Bertz CT molecular complexity index is 157. The van der Waals surface area contributed by atoms with Gasteiger partial charge < -0.3 is 0 Å². The van der Waals surface area contributed by atoms with Gasteiger partial charge in [-0.1, -0.05) is 78.4 Å². The first kappa shape index (κ1) is 15.7. The van der Waals surface area contributed by atoms with Gasteiger partial charge in [0.25, 0.3) is 0 Å². The molecular weight excluding hydrogens is 192 g/mol. The summed E-state index contributed by atoms with van der Waals surface area (Å²) in [5.41, 5.74) is 0. The van der Waals surface area contributed by atoms with Crippen LogP contribution in [0, 0.1) is 11.8 Å². The third kappa shape index (κ3) is 10.3. The molecule has 0 amide bonds. The Morgan fingerprint density at radius 2 is 1.62 bits per heavy atom. The Morgan fingerprint density at radius 3 is 2.25 bits per heavy atom. The summed E-state index contributed by atoms with van der Waals surface area (Å²) >= 11 is 0. The lowest BCUT2D eigenvalue weighted by molar-refractivity contribution is 0.492. The van der Waals surface area contributed by atoms with Crippen molar-refractivity contribution in [3.8, 4) is 0 Å². The molecule has 0 aliphatic carbocycles. The third-order valence-corrected chi connectivity index (χ3v) is 3.30. The number of rotatable bonds is 10. The molecule has 0 radical (unpaired) electrons. The zero-order valence-corrected chi connectivity index (χ0v) is 12.0. The molecule has 0 aromatic carbocycles. The van der Waals surface area contributed by atoms with Crippen molar-refractivity contribution in [1.29, 1.82) is 0 Å². The second-order valence-corrected chi connectivity index (χ2v) is 5.38. The SMILES string of the molecule is CCCCCCC(C)CC=CC(C)CCC. The van der Waals surface area contributed by atoms with Crippen molar-refractivity contribution in [1.82, 2.24) is 0 Å². The summed E-state index contributed by atoms with van der Waals surface area (Å²) in [5, 5.41) is 0. The summed E-state index contributed by atoms with van der Waals surface area (Å²) in [7, 11) is 0. The zero-order chi connectivity index (χ0) is 12.2. The van der Waals surface area contributed by atoms with Crippen LogP contribution >= 0.6 is 0 Å². The van der Waals surface area contributed by atoms with Crippen LogP contribution in [0.3, 0.4) is 0 Å². The molecule has 0 spiro atoms. The van der Waals surface area contributed by atoms with E-state index < -0.39 is 0 Å². The fourth-order valence-electron chi connectivity index (χ4n) is 2.13. The van der Waals surface area contributed by atoms with Gasteiger partial charge in [0, 0.05) is 0 Å². The predicted molar refractivity (Wildman–Crippen MR) is 75.8 cm³/mol. The molecule has 0 rings (SSSR count). The van der Waals surface area contributed by atoms with Gasteiger partial charge in [0.1, 0.15) is 0 Å². The highest BCUT2D eigenvalue weighted by molar-refractivity contribution is 4.87. The van der Waals surface area contributed by atoms with Crippen molar-refractivity contribution in [3.05, 3.63) is 12.2 Å². The molecule has 0 saturated carbocycles. The van der Waals surface area contributed by atoms with Crippen LogP contribution in [0.2, 0.25) is 0 Å². The molecular formula is C16H32. The maximum Gasteiger partial charge on any atom is -0.0262 e. The van der Waals surface area contributed by atoms with Crippen molar-refractivity contribution in [2.75, 3.05) is 0 Å². The second-order valence-electron chi connectivity index (χ2n) is 5.38. The Morgan fingerprint density at radius 1 is 0.875 bits per heavy atom. The maximum absolute atomic E-state index is 2.41. The van der Waals surface area contributed by atoms with E-state index in [4.69, 9.17) is 0 Å². The van der Waals surface area contributed by atoms with Crippen LogP contribution in [0.1, 0.15) is 79.1 Å². The van der Waals surface area contributed by atoms with Crippen molar-refractivity contribution in [2.24, 2.45) is 11.8 Å². The molecule has 2 atom stereocenters. The molecule has 0 bridgehead atoms. The lowest BCUT2D eigenvalue weighted by Crippen LogP contribution is -1.94. The van der Waals surface area contributed by atoms with Gasteiger partial charge in [-0.25, -0.2) is 0 Å². The minimum atomic E-state index is 0.775. The van der Waals surface area contributed by atoms with Gasteiger partial charge in [0.2, 0.25) is 0 Å². The Balaban J connectivity index is 3.44. The van der Waals surface area contributed by atoms with Crippen LogP contribution in [0.15, 0.2) is 12.2 Å². The summed E-state index contributed by atoms with van der Waals surface area (Å²) < 4.78 is 0. The summed E-state index contributed by atoms with van der Waals surface area (Å²) in [4.78, 5) is 0. The lowest BCUT2D eigenvalue weighted by atomic mass is 9.98. The van der Waals surface area contributed by atoms with Crippen molar-refractivity contribution >= 4 is 0 Å². The quantitative estimate of drug-likeness (QED) is 0.316. The first-order valence-corrected chi connectivity index (χ1v) is 7.37. The second kappa shape index (κ2) is 11.2. The fraction of sp³-hybridized carbons (Fsp3) is 0.875. The Hall–Kier alpha value is -0.260. The van der Waals surface area contributed by atoms with E-state index in [1.54, 1.807) is 0 Å². The minimum absolute atomic E-state index is 0.775. The summed E-state index contributed by atoms with van der Waals surface area (Å²) in [6, 6.07) is 0. The van der Waals surface area contributed by atoms with Crippen LogP contribution in [0.4, 0.5) is 0 Å². The third-order valence-electron chi connectivity index (χ3n) is 3.30. The normalized spacial score (nSPS) is 15.5. The average Bonchev–Trinajstić information content (AvgIpc) is 2.25. The van der Waals surface area contributed by atoms with E-state index in [9.17, 15) is 0 Å². The molecule has 0 aliphatic rings. The standard InChI is InChI=1S/C16H32/c1-5-7-8-9-12-16(4)14-10-13-15(3)11-6-2/h10,13,15-16H,5-9,11-12,14H2,1-4H3. The van der Waals surface area contributed by atoms with Crippen LogP contribution in [-0.2, 0) is 0 Å². The molecule has 0 heterocycles. The first-order chi connectivity index (χ1) is 7.70. The zero-order valence-electron chi connectivity index (χ0n) is 12.0. The molecule has 0 aromatic rings. The van der Waals surface area contributed by atoms with Crippen molar-refractivity contribution < 1.29 is 0 Å². The van der Waals surface area contributed by atoms with Crippen molar-refractivity contribution in [3.63, 3.8) is 0 Å². The summed E-state index contributed by atoms with van der Waals surface area (Å²) in [6.07, 6.45) is 15.8. The van der Waals surface area contributed by atoms with Gasteiger partial charge >= 0.3 is 0 Å². The van der Waals surface area contributed by atoms with E-state index in [-0.39, 0.29) is 0 Å². The maximum atomic E-state index is 2.41. The molecule has 0 aromatic heterocycles. The highest BCUT2D eigenvalue weighted by Gasteiger charge is 2.00. The highest BCUT2D eigenvalue weighted by Crippen LogP contribution is 2.15. The fourth-order valence-corrected chi connectivity index (χ4v) is 2.13. The summed E-state index contributed by atoms with van der Waals surface area (Å²) in [5.74, 6) is 1.65. The van der Waals surface area contributed by atoms with Gasteiger partial charge in [-0.3, -0.25) is 0 Å². The monoisotopic (exact) mass is 224 g/mol. The largest absolute Gasteiger partial charge is 0.0880 e. The topological polar surface area (TPSA) is 0 Å². The van der Waals surface area contributed by atoms with Gasteiger partial charge in [-0.2, -0.15) is 0 Å². The van der Waals surface area contributed by atoms with Gasteiger partial charge in [0.05, 0.1) is 0 Å². The number of unbranched alkanes of at least 4 members (excludes halogenated alkanes) is 3. The van der Waals surface area contributed by atoms with Gasteiger partial charge in [-0.15, -0.1) is 0 Å². The molecule has 0 fully saturated rings. The minimum Gasteiger partial charge on any atom is -0.0880 e. The predicted octanol–water partition coefficient (Wildman–Crippen LogP) is 5.98. The van der Waals surface area contributed by atoms with E-state index in [0.717, 1.165) is 11.8 Å². The van der Waals surface area contributed by atoms with Crippen LogP contribution in [0.25, 0.3) is 0 Å². The Labute approximate surface area is 104 Å². The summed E-state index contributed by atoms with van der Waals surface area (Å²) in [6.45, 7) is 9.26. The van der Waals surface area contributed by atoms with Gasteiger partial charge in [-0.05, 0) is 24.7 Å². The number of hydrogen-bond acceptors (Lipinski definition) is 0.